The molecule has 0 bridgehead atoms. The summed E-state index contributed by atoms with van der Waals surface area (Å²) in [4.78, 5) is 30.8. The van der Waals surface area contributed by atoms with Crippen LogP contribution in [0.25, 0.3) is 0 Å². The first-order valence-electron chi connectivity index (χ1n) is 9.19. The average Bonchev–Trinajstić information content (AvgIpc) is 2.54. The first-order valence-corrected chi connectivity index (χ1v) is 9.19. The molecule has 1 aliphatic heterocycles. The van der Waals surface area contributed by atoms with Crippen LogP contribution in [-0.2, 0) is 9.59 Å². The third kappa shape index (κ3) is 6.63. The van der Waals surface area contributed by atoms with Crippen molar-refractivity contribution in [3.05, 3.63) is 23.9 Å². The van der Waals surface area contributed by atoms with Crippen LogP contribution < -0.4 is 16.0 Å². The summed E-state index contributed by atoms with van der Waals surface area (Å²) in [6.45, 7) is 11.7. The number of rotatable bonds is 7. The molecule has 1 saturated heterocycles. The SMILES string of the molecule is Cc1ccnc(NCCNC(=O)CC2C(=O)NCCN2CC(C)(C)C)c1. The fraction of sp³-hybridized carbons (Fsp3) is 0.632. The molecule has 1 atom stereocenters. The molecule has 0 spiro atoms. The molecule has 0 saturated carbocycles. The number of anilines is 1. The van der Waals surface area contributed by atoms with E-state index >= 15 is 0 Å². The number of aromatic nitrogens is 1. The Morgan fingerprint density at radius 3 is 2.85 bits per heavy atom. The summed E-state index contributed by atoms with van der Waals surface area (Å²) in [6, 6.07) is 3.50. The van der Waals surface area contributed by atoms with E-state index in [1.54, 1.807) is 6.20 Å². The van der Waals surface area contributed by atoms with Crippen LogP contribution in [0.3, 0.4) is 0 Å². The Morgan fingerprint density at radius 2 is 2.15 bits per heavy atom. The fourth-order valence-electron chi connectivity index (χ4n) is 3.06. The van der Waals surface area contributed by atoms with Gasteiger partial charge in [0.1, 0.15) is 5.82 Å². The van der Waals surface area contributed by atoms with Crippen molar-refractivity contribution in [3.63, 3.8) is 0 Å². The van der Waals surface area contributed by atoms with E-state index in [9.17, 15) is 9.59 Å². The third-order valence-electron chi connectivity index (χ3n) is 4.17. The molecule has 0 aromatic carbocycles. The molecular formula is C19H31N5O2. The van der Waals surface area contributed by atoms with E-state index in [1.165, 1.54) is 0 Å². The lowest BCUT2D eigenvalue weighted by Crippen LogP contribution is -2.58. The molecule has 7 nitrogen and oxygen atoms in total. The molecule has 7 heteroatoms. The zero-order chi connectivity index (χ0) is 19.2. The van der Waals surface area contributed by atoms with Crippen molar-refractivity contribution in [1.29, 1.82) is 0 Å². The summed E-state index contributed by atoms with van der Waals surface area (Å²) in [5, 5.41) is 8.93. The Labute approximate surface area is 155 Å². The minimum atomic E-state index is -0.394. The van der Waals surface area contributed by atoms with Gasteiger partial charge in [0.15, 0.2) is 0 Å². The Bertz CT molecular complexity index is 627. The maximum atomic E-state index is 12.3. The molecule has 1 aliphatic rings. The van der Waals surface area contributed by atoms with Gasteiger partial charge in [-0.15, -0.1) is 0 Å². The normalized spacial score (nSPS) is 18.3. The molecular weight excluding hydrogens is 330 g/mol. The number of nitrogens with one attached hydrogen (secondary N) is 3. The summed E-state index contributed by atoms with van der Waals surface area (Å²) in [6.07, 6.45) is 1.94. The Morgan fingerprint density at radius 1 is 1.38 bits per heavy atom. The van der Waals surface area contributed by atoms with E-state index in [2.05, 4.69) is 46.6 Å². The quantitative estimate of drug-likeness (QED) is 0.635. The molecule has 2 amide bonds. The molecule has 1 aromatic rings. The highest BCUT2D eigenvalue weighted by molar-refractivity contribution is 5.88. The van der Waals surface area contributed by atoms with E-state index in [-0.39, 0.29) is 23.7 Å². The van der Waals surface area contributed by atoms with Crippen molar-refractivity contribution in [3.8, 4) is 0 Å². The number of carbonyl (C=O) groups is 2. The maximum absolute atomic E-state index is 12.3. The van der Waals surface area contributed by atoms with E-state index in [0.717, 1.165) is 24.5 Å². The van der Waals surface area contributed by atoms with Gasteiger partial charge in [0.25, 0.3) is 0 Å². The van der Waals surface area contributed by atoms with Gasteiger partial charge >= 0.3 is 0 Å². The van der Waals surface area contributed by atoms with Crippen molar-refractivity contribution in [1.82, 2.24) is 20.5 Å². The van der Waals surface area contributed by atoms with Crippen LogP contribution in [0.1, 0.15) is 32.8 Å². The number of hydrogen-bond donors (Lipinski definition) is 3. The van der Waals surface area contributed by atoms with Gasteiger partial charge in [-0.25, -0.2) is 4.98 Å². The fourth-order valence-corrected chi connectivity index (χ4v) is 3.06. The van der Waals surface area contributed by atoms with Crippen molar-refractivity contribution in [2.75, 3.05) is 38.0 Å². The summed E-state index contributed by atoms with van der Waals surface area (Å²) >= 11 is 0. The molecule has 0 radical (unpaired) electrons. The second-order valence-electron chi connectivity index (χ2n) is 8.04. The minimum Gasteiger partial charge on any atom is -0.368 e. The highest BCUT2D eigenvalue weighted by Gasteiger charge is 2.33. The smallest absolute Gasteiger partial charge is 0.237 e. The number of aryl methyl sites for hydroxylation is 1. The molecule has 0 aliphatic carbocycles. The molecule has 1 aromatic heterocycles. The van der Waals surface area contributed by atoms with Crippen LogP contribution in [0.4, 0.5) is 5.82 Å². The van der Waals surface area contributed by atoms with Crippen molar-refractivity contribution < 1.29 is 9.59 Å². The van der Waals surface area contributed by atoms with Gasteiger partial charge in [0.2, 0.25) is 11.8 Å². The molecule has 26 heavy (non-hydrogen) atoms. The lowest BCUT2D eigenvalue weighted by molar-refractivity contribution is -0.134. The van der Waals surface area contributed by atoms with Gasteiger partial charge in [-0.1, -0.05) is 20.8 Å². The van der Waals surface area contributed by atoms with Crippen LogP contribution in [0.15, 0.2) is 18.3 Å². The van der Waals surface area contributed by atoms with E-state index < -0.39 is 6.04 Å². The summed E-state index contributed by atoms with van der Waals surface area (Å²) in [5.74, 6) is 0.630. The third-order valence-corrected chi connectivity index (χ3v) is 4.17. The highest BCUT2D eigenvalue weighted by Crippen LogP contribution is 2.19. The zero-order valence-electron chi connectivity index (χ0n) is 16.3. The van der Waals surface area contributed by atoms with E-state index in [1.807, 2.05) is 19.1 Å². The van der Waals surface area contributed by atoms with Gasteiger partial charge < -0.3 is 16.0 Å². The minimum absolute atomic E-state index is 0.0577. The summed E-state index contributed by atoms with van der Waals surface area (Å²) in [7, 11) is 0. The van der Waals surface area contributed by atoms with Crippen molar-refractivity contribution in [2.45, 2.75) is 40.2 Å². The zero-order valence-corrected chi connectivity index (χ0v) is 16.3. The Kier molecular flexibility index (Phi) is 6.97. The predicted molar refractivity (Wildman–Crippen MR) is 103 cm³/mol. The molecule has 3 N–H and O–H groups in total. The number of carbonyl (C=O) groups excluding carboxylic acids is 2. The molecule has 1 unspecified atom stereocenters. The van der Waals surface area contributed by atoms with Crippen LogP contribution >= 0.6 is 0 Å². The van der Waals surface area contributed by atoms with Crippen LogP contribution in [0.2, 0.25) is 0 Å². The summed E-state index contributed by atoms with van der Waals surface area (Å²) < 4.78 is 0. The van der Waals surface area contributed by atoms with Crippen molar-refractivity contribution >= 4 is 17.6 Å². The molecule has 144 valence electrons. The Balaban J connectivity index is 1.78. The number of pyridine rings is 1. The van der Waals surface area contributed by atoms with Gasteiger partial charge in [0, 0.05) is 38.9 Å². The number of hydrogen-bond acceptors (Lipinski definition) is 5. The van der Waals surface area contributed by atoms with Crippen LogP contribution in [0, 0.1) is 12.3 Å². The van der Waals surface area contributed by atoms with Gasteiger partial charge in [-0.3, -0.25) is 14.5 Å². The van der Waals surface area contributed by atoms with Crippen LogP contribution in [0.5, 0.6) is 0 Å². The second-order valence-corrected chi connectivity index (χ2v) is 8.04. The highest BCUT2D eigenvalue weighted by atomic mass is 16.2. The van der Waals surface area contributed by atoms with E-state index in [0.29, 0.717) is 19.6 Å². The summed E-state index contributed by atoms with van der Waals surface area (Å²) in [5.41, 5.74) is 1.21. The average molecular weight is 361 g/mol. The first kappa shape index (κ1) is 20.2. The Hall–Kier alpha value is -2.15. The first-order chi connectivity index (χ1) is 12.2. The monoisotopic (exact) mass is 361 g/mol. The lowest BCUT2D eigenvalue weighted by atomic mass is 9.94. The van der Waals surface area contributed by atoms with Gasteiger partial charge in [-0.05, 0) is 30.0 Å². The molecule has 2 rings (SSSR count). The second kappa shape index (κ2) is 8.98. The van der Waals surface area contributed by atoms with Gasteiger partial charge in [0.05, 0.1) is 12.5 Å². The number of amides is 2. The molecule has 2 heterocycles. The number of nitrogens with zero attached hydrogens (tertiary/aromatic N) is 2. The van der Waals surface area contributed by atoms with Crippen LogP contribution in [-0.4, -0.2) is 60.5 Å². The number of piperazine rings is 1. The van der Waals surface area contributed by atoms with Gasteiger partial charge in [-0.2, -0.15) is 0 Å². The molecule has 1 fully saturated rings. The largest absolute Gasteiger partial charge is 0.368 e. The topological polar surface area (TPSA) is 86.4 Å². The standard InChI is InChI=1S/C19H31N5O2/c1-14-5-6-20-16(11-14)21-7-8-22-17(25)12-15-18(26)23-9-10-24(15)13-19(2,3)4/h5-6,11,15H,7-10,12-13H2,1-4H3,(H,20,21)(H,22,25)(H,23,26). The predicted octanol–water partition coefficient (Wildman–Crippen LogP) is 1.15. The van der Waals surface area contributed by atoms with Crippen molar-refractivity contribution in [2.24, 2.45) is 5.41 Å². The lowest BCUT2D eigenvalue weighted by Gasteiger charge is -2.38. The van der Waals surface area contributed by atoms with E-state index in [4.69, 9.17) is 0 Å². The maximum Gasteiger partial charge on any atom is 0.237 e.